The Morgan fingerprint density at radius 2 is 2.07 bits per heavy atom. The van der Waals surface area contributed by atoms with Gasteiger partial charge in [-0.3, -0.25) is 4.79 Å². The summed E-state index contributed by atoms with van der Waals surface area (Å²) in [5.41, 5.74) is 1.18. The lowest BCUT2D eigenvalue weighted by atomic mass is 10.2. The fourth-order valence-electron chi connectivity index (χ4n) is 1.48. The van der Waals surface area contributed by atoms with Crippen LogP contribution >= 0.6 is 0 Å². The maximum Gasteiger partial charge on any atom is 0.302 e. The molecule has 1 heterocycles. The van der Waals surface area contributed by atoms with E-state index in [1.54, 1.807) is 6.26 Å². The highest BCUT2D eigenvalue weighted by Gasteiger charge is 2.21. The predicted octanol–water partition coefficient (Wildman–Crippen LogP) is 1.93. The van der Waals surface area contributed by atoms with Gasteiger partial charge in [-0.15, -0.1) is 0 Å². The third-order valence-corrected chi connectivity index (χ3v) is 4.28. The molecule has 1 aromatic rings. The van der Waals surface area contributed by atoms with Gasteiger partial charge >= 0.3 is 5.97 Å². The van der Waals surface area contributed by atoms with Crippen LogP contribution in [-0.2, 0) is 16.0 Å². The van der Waals surface area contributed by atoms with Gasteiger partial charge in [-0.05, 0) is 10.8 Å². The van der Waals surface area contributed by atoms with Gasteiger partial charge in [-0.1, -0.05) is 19.6 Å². The van der Waals surface area contributed by atoms with E-state index in [4.69, 9.17) is 9.15 Å². The van der Waals surface area contributed by atoms with Gasteiger partial charge < -0.3 is 9.15 Å². The Hall–Kier alpha value is -1.03. The summed E-state index contributed by atoms with van der Waals surface area (Å²) in [5, 5.41) is 1.31. The summed E-state index contributed by atoms with van der Waals surface area (Å²) >= 11 is 0. The number of ether oxygens (including phenoxy) is 1. The van der Waals surface area contributed by atoms with E-state index >= 15 is 0 Å². The van der Waals surface area contributed by atoms with Crippen LogP contribution in [0.3, 0.4) is 0 Å². The third kappa shape index (κ3) is 3.55. The van der Waals surface area contributed by atoms with E-state index in [-0.39, 0.29) is 5.97 Å². The zero-order valence-corrected chi connectivity index (χ0v) is 10.8. The number of carbonyl (C=O) groups is 1. The van der Waals surface area contributed by atoms with Crippen LogP contribution in [-0.4, -0.2) is 20.7 Å². The van der Waals surface area contributed by atoms with Gasteiger partial charge in [0.05, 0.1) is 27.2 Å². The molecule has 0 aliphatic heterocycles. The van der Waals surface area contributed by atoms with Gasteiger partial charge in [-0.2, -0.15) is 0 Å². The molecule has 0 unspecified atom stereocenters. The first kappa shape index (κ1) is 12.0. The standard InChI is InChI=1S/C11H18O3Si/c1-9(12)14-6-5-10-7-13-8-11(10)15(2,3)4/h7-8H,5-6H2,1-4H3. The lowest BCUT2D eigenvalue weighted by molar-refractivity contribution is -0.140. The maximum atomic E-state index is 10.6. The van der Waals surface area contributed by atoms with Crippen molar-refractivity contribution in [3.05, 3.63) is 18.1 Å². The molecule has 0 radical (unpaired) electrons. The summed E-state index contributed by atoms with van der Waals surface area (Å²) in [4.78, 5) is 10.6. The van der Waals surface area contributed by atoms with Crippen LogP contribution < -0.4 is 5.19 Å². The number of hydrogen-bond acceptors (Lipinski definition) is 3. The molecule has 1 aromatic heterocycles. The first-order chi connectivity index (χ1) is 6.91. The molecule has 0 aliphatic carbocycles. The van der Waals surface area contributed by atoms with Crippen molar-refractivity contribution in [3.8, 4) is 0 Å². The molecule has 15 heavy (non-hydrogen) atoms. The van der Waals surface area contributed by atoms with Crippen molar-refractivity contribution in [2.24, 2.45) is 0 Å². The minimum atomic E-state index is -1.34. The second-order valence-corrected chi connectivity index (χ2v) is 9.69. The smallest absolute Gasteiger partial charge is 0.302 e. The van der Waals surface area contributed by atoms with Crippen LogP contribution in [0.25, 0.3) is 0 Å². The quantitative estimate of drug-likeness (QED) is 0.582. The minimum Gasteiger partial charge on any atom is -0.472 e. The Labute approximate surface area is 91.4 Å². The fraction of sp³-hybridized carbons (Fsp3) is 0.545. The van der Waals surface area contributed by atoms with E-state index < -0.39 is 8.07 Å². The molecule has 0 amide bonds. The molecule has 0 bridgehead atoms. The Balaban J connectivity index is 2.62. The molecule has 0 aromatic carbocycles. The lowest BCUT2D eigenvalue weighted by Crippen LogP contribution is -2.39. The van der Waals surface area contributed by atoms with Crippen LogP contribution in [0.5, 0.6) is 0 Å². The molecule has 1 rings (SSSR count). The summed E-state index contributed by atoms with van der Waals surface area (Å²) < 4.78 is 10.1. The van der Waals surface area contributed by atoms with Gasteiger partial charge in [0.25, 0.3) is 0 Å². The summed E-state index contributed by atoms with van der Waals surface area (Å²) in [5.74, 6) is -0.229. The van der Waals surface area contributed by atoms with Crippen LogP contribution in [0.2, 0.25) is 19.6 Å². The van der Waals surface area contributed by atoms with E-state index in [0.717, 1.165) is 6.42 Å². The van der Waals surface area contributed by atoms with Crippen LogP contribution in [0.15, 0.2) is 16.9 Å². The molecule has 4 heteroatoms. The Kier molecular flexibility index (Phi) is 3.74. The number of carbonyl (C=O) groups excluding carboxylic acids is 1. The van der Waals surface area contributed by atoms with Crippen molar-refractivity contribution in [2.45, 2.75) is 33.0 Å². The summed E-state index contributed by atoms with van der Waals surface area (Å²) in [6.07, 6.45) is 4.34. The number of furan rings is 1. The molecule has 0 atom stereocenters. The van der Waals surface area contributed by atoms with E-state index in [0.29, 0.717) is 6.61 Å². The highest BCUT2D eigenvalue weighted by atomic mass is 28.3. The summed E-state index contributed by atoms with van der Waals surface area (Å²) in [6, 6.07) is 0. The molecule has 0 fully saturated rings. The third-order valence-electron chi connectivity index (χ3n) is 2.23. The van der Waals surface area contributed by atoms with Crippen molar-refractivity contribution >= 4 is 19.2 Å². The molecular formula is C11H18O3Si. The van der Waals surface area contributed by atoms with E-state index in [2.05, 4.69) is 19.6 Å². The molecule has 0 N–H and O–H groups in total. The Bertz CT molecular complexity index is 336. The van der Waals surface area contributed by atoms with Gasteiger partial charge in [0, 0.05) is 13.3 Å². The molecule has 84 valence electrons. The largest absolute Gasteiger partial charge is 0.472 e. The van der Waals surface area contributed by atoms with Crippen molar-refractivity contribution < 1.29 is 13.9 Å². The maximum absolute atomic E-state index is 10.6. The number of rotatable bonds is 4. The van der Waals surface area contributed by atoms with Crippen molar-refractivity contribution in [3.63, 3.8) is 0 Å². The average molecular weight is 226 g/mol. The highest BCUT2D eigenvalue weighted by Crippen LogP contribution is 2.09. The van der Waals surface area contributed by atoms with E-state index in [1.165, 1.54) is 17.7 Å². The van der Waals surface area contributed by atoms with Crippen LogP contribution in [0.1, 0.15) is 12.5 Å². The van der Waals surface area contributed by atoms with E-state index in [1.807, 2.05) is 6.26 Å². The average Bonchev–Trinajstić information content (AvgIpc) is 2.50. The van der Waals surface area contributed by atoms with Crippen LogP contribution in [0, 0.1) is 0 Å². The zero-order valence-electron chi connectivity index (χ0n) is 9.79. The summed E-state index contributed by atoms with van der Waals surface area (Å²) in [7, 11) is -1.34. The molecule has 0 saturated carbocycles. The van der Waals surface area contributed by atoms with E-state index in [9.17, 15) is 4.79 Å². The normalized spacial score (nSPS) is 11.5. The number of esters is 1. The highest BCUT2D eigenvalue weighted by molar-refractivity contribution is 6.89. The molecular weight excluding hydrogens is 208 g/mol. The number of hydrogen-bond donors (Lipinski definition) is 0. The lowest BCUT2D eigenvalue weighted by Gasteiger charge is -2.15. The molecule has 0 saturated heterocycles. The van der Waals surface area contributed by atoms with Gasteiger partial charge in [0.15, 0.2) is 0 Å². The molecule has 0 spiro atoms. The van der Waals surface area contributed by atoms with Gasteiger partial charge in [0.1, 0.15) is 0 Å². The summed E-state index contributed by atoms with van der Waals surface area (Å²) in [6.45, 7) is 8.68. The van der Waals surface area contributed by atoms with Crippen molar-refractivity contribution in [2.75, 3.05) is 6.61 Å². The zero-order chi connectivity index (χ0) is 11.5. The first-order valence-corrected chi connectivity index (χ1v) is 8.60. The van der Waals surface area contributed by atoms with Crippen molar-refractivity contribution in [1.29, 1.82) is 0 Å². The monoisotopic (exact) mass is 226 g/mol. The Morgan fingerprint density at radius 1 is 1.40 bits per heavy atom. The van der Waals surface area contributed by atoms with Crippen molar-refractivity contribution in [1.82, 2.24) is 0 Å². The Morgan fingerprint density at radius 3 is 2.60 bits per heavy atom. The topological polar surface area (TPSA) is 39.4 Å². The second kappa shape index (κ2) is 4.66. The molecule has 3 nitrogen and oxygen atoms in total. The SMILES string of the molecule is CC(=O)OCCc1cocc1[Si](C)(C)C. The molecule has 0 aliphatic rings. The minimum absolute atomic E-state index is 0.229. The fourth-order valence-corrected chi connectivity index (χ4v) is 3.05. The van der Waals surface area contributed by atoms with Gasteiger partial charge in [0.2, 0.25) is 0 Å². The predicted molar refractivity (Wildman–Crippen MR) is 62.0 cm³/mol. The van der Waals surface area contributed by atoms with Crippen LogP contribution in [0.4, 0.5) is 0 Å². The van der Waals surface area contributed by atoms with Gasteiger partial charge in [-0.25, -0.2) is 0 Å². The second-order valence-electron chi connectivity index (χ2n) is 4.65. The first-order valence-electron chi connectivity index (χ1n) is 5.10.